The molecule has 4 nitrogen and oxygen atoms in total. The maximum absolute atomic E-state index is 12.8. The maximum atomic E-state index is 12.8. The van der Waals surface area contributed by atoms with Crippen LogP contribution in [-0.4, -0.2) is 43.6 Å². The number of rotatable bonds is 2. The van der Waals surface area contributed by atoms with E-state index in [1.165, 1.54) is 5.69 Å². The number of carbonyl (C=O) groups is 1. The van der Waals surface area contributed by atoms with E-state index < -0.39 is 0 Å². The minimum atomic E-state index is -0.0526. The van der Waals surface area contributed by atoms with Crippen LogP contribution < -0.4 is 9.64 Å². The second-order valence-corrected chi connectivity index (χ2v) is 6.47. The summed E-state index contributed by atoms with van der Waals surface area (Å²) < 4.78 is 5.78. The molecule has 2 aliphatic rings. The first-order valence-corrected chi connectivity index (χ1v) is 8.61. The largest absolute Gasteiger partial charge is 0.492 e. The molecule has 2 aromatic carbocycles. The molecule has 2 heterocycles. The fourth-order valence-electron chi connectivity index (χ4n) is 3.57. The fraction of sp³-hybridized carbons (Fsp3) is 0.350. The van der Waals surface area contributed by atoms with E-state index in [0.29, 0.717) is 6.61 Å². The van der Waals surface area contributed by atoms with E-state index in [9.17, 15) is 4.79 Å². The summed E-state index contributed by atoms with van der Waals surface area (Å²) >= 11 is 0. The van der Waals surface area contributed by atoms with Crippen molar-refractivity contribution in [2.45, 2.75) is 6.42 Å². The van der Waals surface area contributed by atoms with E-state index in [1.54, 1.807) is 0 Å². The zero-order valence-electron chi connectivity index (χ0n) is 13.7. The lowest BCUT2D eigenvalue weighted by molar-refractivity contribution is -0.137. The third-order valence-electron chi connectivity index (χ3n) is 4.94. The molecule has 2 aliphatic heterocycles. The van der Waals surface area contributed by atoms with Crippen LogP contribution in [0.5, 0.6) is 5.75 Å². The summed E-state index contributed by atoms with van der Waals surface area (Å²) in [6.45, 7) is 3.84. The number of piperazine rings is 1. The molecule has 2 aromatic rings. The predicted molar refractivity (Wildman–Crippen MR) is 94.4 cm³/mol. The number of anilines is 1. The molecule has 0 N–H and O–H groups in total. The van der Waals surface area contributed by atoms with Gasteiger partial charge in [0.25, 0.3) is 0 Å². The average Bonchev–Trinajstić information content (AvgIpc) is 2.68. The van der Waals surface area contributed by atoms with E-state index in [-0.39, 0.29) is 11.8 Å². The third kappa shape index (κ3) is 2.96. The number of benzene rings is 2. The first kappa shape index (κ1) is 15.1. The summed E-state index contributed by atoms with van der Waals surface area (Å²) in [6.07, 6.45) is 0.786. The normalized spacial score (nSPS) is 20.2. The van der Waals surface area contributed by atoms with Gasteiger partial charge < -0.3 is 14.5 Å². The third-order valence-corrected chi connectivity index (χ3v) is 4.94. The first-order valence-electron chi connectivity index (χ1n) is 8.61. The Bertz CT molecular complexity index is 709. The lowest BCUT2D eigenvalue weighted by Crippen LogP contribution is -2.51. The number of fused-ring (bicyclic) bond motifs is 1. The highest BCUT2D eigenvalue weighted by molar-refractivity contribution is 5.80. The molecule has 0 radical (unpaired) electrons. The van der Waals surface area contributed by atoms with Crippen LogP contribution in [0.15, 0.2) is 54.6 Å². The zero-order valence-corrected chi connectivity index (χ0v) is 13.7. The molecule has 0 bridgehead atoms. The van der Waals surface area contributed by atoms with Gasteiger partial charge in [-0.15, -0.1) is 0 Å². The topological polar surface area (TPSA) is 32.8 Å². The van der Waals surface area contributed by atoms with Gasteiger partial charge in [0.2, 0.25) is 5.91 Å². The van der Waals surface area contributed by atoms with Gasteiger partial charge in [-0.05, 0) is 30.2 Å². The summed E-state index contributed by atoms with van der Waals surface area (Å²) in [5, 5.41) is 0. The number of hydrogen-bond donors (Lipinski definition) is 0. The van der Waals surface area contributed by atoms with Crippen LogP contribution in [0.1, 0.15) is 5.56 Å². The number of carbonyl (C=O) groups excluding carboxylic acids is 1. The highest BCUT2D eigenvalue weighted by atomic mass is 16.5. The quantitative estimate of drug-likeness (QED) is 0.852. The Morgan fingerprint density at radius 2 is 1.62 bits per heavy atom. The van der Waals surface area contributed by atoms with Crippen molar-refractivity contribution < 1.29 is 9.53 Å². The lowest BCUT2D eigenvalue weighted by Gasteiger charge is -2.38. The van der Waals surface area contributed by atoms with Gasteiger partial charge in [0.05, 0.1) is 5.92 Å². The lowest BCUT2D eigenvalue weighted by atomic mass is 9.95. The summed E-state index contributed by atoms with van der Waals surface area (Å²) in [5.74, 6) is 1.11. The summed E-state index contributed by atoms with van der Waals surface area (Å²) in [7, 11) is 0. The van der Waals surface area contributed by atoms with Crippen LogP contribution >= 0.6 is 0 Å². The van der Waals surface area contributed by atoms with Gasteiger partial charge in [-0.1, -0.05) is 36.4 Å². The number of nitrogens with zero attached hydrogens (tertiary/aromatic N) is 2. The summed E-state index contributed by atoms with van der Waals surface area (Å²) in [4.78, 5) is 17.2. The molecule has 1 amide bonds. The van der Waals surface area contributed by atoms with E-state index in [4.69, 9.17) is 4.74 Å². The molecule has 4 rings (SSSR count). The number of hydrogen-bond acceptors (Lipinski definition) is 3. The van der Waals surface area contributed by atoms with Crippen molar-refractivity contribution >= 4 is 11.6 Å². The molecule has 24 heavy (non-hydrogen) atoms. The van der Waals surface area contributed by atoms with E-state index in [2.05, 4.69) is 35.2 Å². The molecule has 0 aliphatic carbocycles. The van der Waals surface area contributed by atoms with Crippen molar-refractivity contribution in [3.8, 4) is 5.75 Å². The molecule has 1 atom stereocenters. The first-order chi connectivity index (χ1) is 11.8. The molecule has 0 unspecified atom stereocenters. The zero-order chi connectivity index (χ0) is 16.4. The molecule has 0 spiro atoms. The molecular weight excluding hydrogens is 300 g/mol. The predicted octanol–water partition coefficient (Wildman–Crippen LogP) is 2.59. The van der Waals surface area contributed by atoms with E-state index in [0.717, 1.165) is 43.9 Å². The van der Waals surface area contributed by atoms with Crippen molar-refractivity contribution in [2.24, 2.45) is 5.92 Å². The highest BCUT2D eigenvalue weighted by Crippen LogP contribution is 2.28. The van der Waals surface area contributed by atoms with Crippen LogP contribution in [0.3, 0.4) is 0 Å². The number of ether oxygens (including phenoxy) is 1. The average molecular weight is 322 g/mol. The Morgan fingerprint density at radius 3 is 2.42 bits per heavy atom. The maximum Gasteiger partial charge on any atom is 0.229 e. The standard InChI is InChI=1S/C20H22N2O2/c23-20(17-14-16-6-4-5-9-19(16)24-15-17)22-12-10-21(11-13-22)18-7-2-1-3-8-18/h1-9,17H,10-15H2/t17-/m1/s1. The second-order valence-electron chi connectivity index (χ2n) is 6.47. The van der Waals surface area contributed by atoms with Crippen LogP contribution in [0.25, 0.3) is 0 Å². The van der Waals surface area contributed by atoms with Gasteiger partial charge >= 0.3 is 0 Å². The Kier molecular flexibility index (Phi) is 4.11. The van der Waals surface area contributed by atoms with Gasteiger partial charge in [0.1, 0.15) is 12.4 Å². The van der Waals surface area contributed by atoms with Crippen LogP contribution in [0.2, 0.25) is 0 Å². The van der Waals surface area contributed by atoms with Crippen molar-refractivity contribution in [3.05, 3.63) is 60.2 Å². The van der Waals surface area contributed by atoms with Crippen LogP contribution in [-0.2, 0) is 11.2 Å². The van der Waals surface area contributed by atoms with Crippen LogP contribution in [0.4, 0.5) is 5.69 Å². The molecule has 4 heteroatoms. The van der Waals surface area contributed by atoms with Gasteiger partial charge in [-0.25, -0.2) is 0 Å². The van der Waals surface area contributed by atoms with Crippen molar-refractivity contribution in [3.63, 3.8) is 0 Å². The minimum Gasteiger partial charge on any atom is -0.492 e. The molecule has 0 aromatic heterocycles. The van der Waals surface area contributed by atoms with E-state index >= 15 is 0 Å². The molecule has 124 valence electrons. The Morgan fingerprint density at radius 1 is 0.917 bits per heavy atom. The Hall–Kier alpha value is -2.49. The molecule has 1 saturated heterocycles. The van der Waals surface area contributed by atoms with Gasteiger partial charge in [0, 0.05) is 31.9 Å². The van der Waals surface area contributed by atoms with Gasteiger partial charge in [-0.2, -0.15) is 0 Å². The van der Waals surface area contributed by atoms with Gasteiger partial charge in [0.15, 0.2) is 0 Å². The van der Waals surface area contributed by atoms with Crippen LogP contribution in [0, 0.1) is 5.92 Å². The van der Waals surface area contributed by atoms with Gasteiger partial charge in [-0.3, -0.25) is 4.79 Å². The van der Waals surface area contributed by atoms with Crippen molar-refractivity contribution in [2.75, 3.05) is 37.7 Å². The smallest absolute Gasteiger partial charge is 0.229 e. The fourth-order valence-corrected chi connectivity index (χ4v) is 3.57. The van der Waals surface area contributed by atoms with Crippen molar-refractivity contribution in [1.82, 2.24) is 4.90 Å². The summed E-state index contributed by atoms with van der Waals surface area (Å²) in [5.41, 5.74) is 2.38. The monoisotopic (exact) mass is 322 g/mol. The SMILES string of the molecule is O=C([C@H]1COc2ccccc2C1)N1CCN(c2ccccc2)CC1. The summed E-state index contributed by atoms with van der Waals surface area (Å²) in [6, 6.07) is 18.4. The number of amides is 1. The minimum absolute atomic E-state index is 0.0526. The molecule has 0 saturated carbocycles. The number of para-hydroxylation sites is 2. The van der Waals surface area contributed by atoms with E-state index in [1.807, 2.05) is 29.2 Å². The Balaban J connectivity index is 1.37. The van der Waals surface area contributed by atoms with Crippen molar-refractivity contribution in [1.29, 1.82) is 0 Å². The molecule has 1 fully saturated rings. The second kappa shape index (κ2) is 6.56. The highest BCUT2D eigenvalue weighted by Gasteiger charge is 2.31. The Labute approximate surface area is 142 Å². The molecular formula is C20H22N2O2.